The monoisotopic (exact) mass is 223 g/mol. The molecule has 0 aliphatic rings. The van der Waals surface area contributed by atoms with Crippen LogP contribution in [0, 0.1) is 0 Å². The molecule has 84 valence electrons. The average molecular weight is 223 g/mol. The predicted molar refractivity (Wildman–Crippen MR) is 67.8 cm³/mol. The van der Waals surface area contributed by atoms with Crippen molar-refractivity contribution in [1.29, 1.82) is 0 Å². The number of benzene rings is 1. The average Bonchev–Trinajstić information content (AvgIpc) is 2.91. The predicted octanol–water partition coefficient (Wildman–Crippen LogP) is 3.11. The maximum Gasteiger partial charge on any atom is 0.0921 e. The van der Waals surface area contributed by atoms with E-state index in [9.17, 15) is 0 Å². The van der Waals surface area contributed by atoms with Crippen molar-refractivity contribution < 1.29 is 0 Å². The lowest BCUT2D eigenvalue weighted by molar-refractivity contribution is 0.889. The molecule has 1 N–H and O–H groups in total. The van der Waals surface area contributed by atoms with Gasteiger partial charge in [0.1, 0.15) is 0 Å². The maximum absolute atomic E-state index is 4.48. The third kappa shape index (κ3) is 1.69. The van der Waals surface area contributed by atoms with Gasteiger partial charge in [-0.1, -0.05) is 31.2 Å². The van der Waals surface area contributed by atoms with Gasteiger partial charge in [0.15, 0.2) is 0 Å². The van der Waals surface area contributed by atoms with Gasteiger partial charge in [0, 0.05) is 29.4 Å². The summed E-state index contributed by atoms with van der Waals surface area (Å²) in [7, 11) is 0. The van der Waals surface area contributed by atoms with Crippen molar-refractivity contribution >= 4 is 10.9 Å². The molecule has 2 heterocycles. The van der Waals surface area contributed by atoms with Crippen LogP contribution in [0.4, 0.5) is 0 Å². The van der Waals surface area contributed by atoms with Crippen LogP contribution in [0.25, 0.3) is 10.9 Å². The number of nitrogens with one attached hydrogen (secondary N) is 1. The second-order valence-electron chi connectivity index (χ2n) is 4.15. The third-order valence-electron chi connectivity index (χ3n) is 3.12. The summed E-state index contributed by atoms with van der Waals surface area (Å²) < 4.78 is 0. The SMILES string of the molecule is C[C@H](c1cnc[nH]1)c1cccc2cccnc12. The number of pyridine rings is 1. The molecule has 0 aliphatic carbocycles. The van der Waals surface area contributed by atoms with E-state index in [0.29, 0.717) is 0 Å². The second-order valence-corrected chi connectivity index (χ2v) is 4.15. The van der Waals surface area contributed by atoms with Crippen molar-refractivity contribution in [2.45, 2.75) is 12.8 Å². The van der Waals surface area contributed by atoms with Gasteiger partial charge in [-0.25, -0.2) is 4.98 Å². The molecule has 2 aromatic heterocycles. The number of hydrogen-bond acceptors (Lipinski definition) is 2. The molecule has 0 spiro atoms. The van der Waals surface area contributed by atoms with E-state index in [4.69, 9.17) is 0 Å². The normalized spacial score (nSPS) is 12.8. The number of aromatic amines is 1. The third-order valence-corrected chi connectivity index (χ3v) is 3.12. The van der Waals surface area contributed by atoms with E-state index in [-0.39, 0.29) is 5.92 Å². The molecule has 3 nitrogen and oxygen atoms in total. The van der Waals surface area contributed by atoms with Gasteiger partial charge in [0.05, 0.1) is 11.8 Å². The Kier molecular flexibility index (Phi) is 2.37. The summed E-state index contributed by atoms with van der Waals surface area (Å²) in [6.07, 6.45) is 5.42. The Labute approximate surface area is 99.5 Å². The Morgan fingerprint density at radius 1 is 1.18 bits per heavy atom. The van der Waals surface area contributed by atoms with Gasteiger partial charge in [0.25, 0.3) is 0 Å². The van der Waals surface area contributed by atoms with Crippen LogP contribution in [0.5, 0.6) is 0 Å². The summed E-state index contributed by atoms with van der Waals surface area (Å²) in [6, 6.07) is 10.3. The molecule has 0 unspecified atom stereocenters. The Morgan fingerprint density at radius 2 is 2.06 bits per heavy atom. The number of nitrogens with zero attached hydrogens (tertiary/aromatic N) is 2. The van der Waals surface area contributed by atoms with Crippen molar-refractivity contribution in [1.82, 2.24) is 15.0 Å². The van der Waals surface area contributed by atoms with Gasteiger partial charge >= 0.3 is 0 Å². The van der Waals surface area contributed by atoms with E-state index in [2.05, 4.69) is 46.1 Å². The fourth-order valence-corrected chi connectivity index (χ4v) is 2.15. The number of aromatic nitrogens is 3. The van der Waals surface area contributed by atoms with E-state index in [1.54, 1.807) is 6.33 Å². The molecule has 3 heteroatoms. The lowest BCUT2D eigenvalue weighted by Crippen LogP contribution is -1.98. The molecule has 0 saturated carbocycles. The molecule has 0 radical (unpaired) electrons. The van der Waals surface area contributed by atoms with Gasteiger partial charge in [-0.2, -0.15) is 0 Å². The molecular formula is C14H13N3. The van der Waals surface area contributed by atoms with E-state index in [1.807, 2.05) is 18.5 Å². The van der Waals surface area contributed by atoms with Crippen LogP contribution in [-0.4, -0.2) is 15.0 Å². The molecule has 0 bridgehead atoms. The highest BCUT2D eigenvalue weighted by Crippen LogP contribution is 2.27. The number of H-pyrrole nitrogens is 1. The van der Waals surface area contributed by atoms with E-state index >= 15 is 0 Å². The van der Waals surface area contributed by atoms with Gasteiger partial charge < -0.3 is 4.98 Å². The highest BCUT2D eigenvalue weighted by atomic mass is 14.9. The number of rotatable bonds is 2. The molecule has 3 rings (SSSR count). The second kappa shape index (κ2) is 4.01. The molecule has 0 amide bonds. The minimum atomic E-state index is 0.274. The van der Waals surface area contributed by atoms with Crippen molar-refractivity contribution in [3.63, 3.8) is 0 Å². The largest absolute Gasteiger partial charge is 0.348 e. The fourth-order valence-electron chi connectivity index (χ4n) is 2.15. The quantitative estimate of drug-likeness (QED) is 0.725. The van der Waals surface area contributed by atoms with Crippen molar-refractivity contribution in [2.75, 3.05) is 0 Å². The Morgan fingerprint density at radius 3 is 2.88 bits per heavy atom. The fraction of sp³-hybridized carbons (Fsp3) is 0.143. The molecule has 0 saturated heterocycles. The lowest BCUT2D eigenvalue weighted by atomic mass is 9.96. The van der Waals surface area contributed by atoms with Crippen LogP contribution < -0.4 is 0 Å². The Balaban J connectivity index is 2.17. The maximum atomic E-state index is 4.48. The first-order valence-corrected chi connectivity index (χ1v) is 5.68. The minimum absolute atomic E-state index is 0.274. The Hall–Kier alpha value is -2.16. The van der Waals surface area contributed by atoms with E-state index in [1.165, 1.54) is 10.9 Å². The number of fused-ring (bicyclic) bond motifs is 1. The molecule has 1 aromatic carbocycles. The smallest absolute Gasteiger partial charge is 0.0921 e. The number of para-hydroxylation sites is 1. The summed E-state index contributed by atoms with van der Waals surface area (Å²) in [6.45, 7) is 2.16. The van der Waals surface area contributed by atoms with Crippen molar-refractivity contribution in [2.24, 2.45) is 0 Å². The van der Waals surface area contributed by atoms with Crippen LogP contribution in [0.2, 0.25) is 0 Å². The van der Waals surface area contributed by atoms with Crippen molar-refractivity contribution in [3.05, 3.63) is 60.3 Å². The standard InChI is InChI=1S/C14H13N3/c1-10(13-8-15-9-17-13)12-6-2-4-11-5-3-7-16-14(11)12/h2-10H,1H3,(H,15,17)/t10-/m0/s1. The summed E-state index contributed by atoms with van der Waals surface area (Å²) in [5.74, 6) is 0.274. The summed E-state index contributed by atoms with van der Waals surface area (Å²) in [5.41, 5.74) is 3.41. The number of imidazole rings is 1. The topological polar surface area (TPSA) is 41.6 Å². The van der Waals surface area contributed by atoms with E-state index < -0.39 is 0 Å². The van der Waals surface area contributed by atoms with Gasteiger partial charge in [-0.3, -0.25) is 4.98 Å². The highest BCUT2D eigenvalue weighted by Gasteiger charge is 2.13. The zero-order valence-corrected chi connectivity index (χ0v) is 9.59. The number of hydrogen-bond donors (Lipinski definition) is 1. The van der Waals surface area contributed by atoms with Crippen LogP contribution in [0.3, 0.4) is 0 Å². The van der Waals surface area contributed by atoms with Gasteiger partial charge in [-0.15, -0.1) is 0 Å². The Bertz CT molecular complexity index is 624. The zero-order valence-electron chi connectivity index (χ0n) is 9.59. The molecule has 0 aliphatic heterocycles. The van der Waals surface area contributed by atoms with Crippen molar-refractivity contribution in [3.8, 4) is 0 Å². The summed E-state index contributed by atoms with van der Waals surface area (Å²) in [4.78, 5) is 11.7. The first kappa shape index (κ1) is 10.0. The zero-order chi connectivity index (χ0) is 11.7. The summed E-state index contributed by atoms with van der Waals surface area (Å²) in [5, 5.41) is 1.18. The first-order valence-electron chi connectivity index (χ1n) is 5.68. The van der Waals surface area contributed by atoms with E-state index in [0.717, 1.165) is 11.2 Å². The molecule has 0 fully saturated rings. The van der Waals surface area contributed by atoms with Crippen LogP contribution in [0.15, 0.2) is 49.1 Å². The molecule has 17 heavy (non-hydrogen) atoms. The first-order chi connectivity index (χ1) is 8.36. The minimum Gasteiger partial charge on any atom is -0.348 e. The van der Waals surface area contributed by atoms with Crippen LogP contribution in [-0.2, 0) is 0 Å². The van der Waals surface area contributed by atoms with Crippen LogP contribution >= 0.6 is 0 Å². The van der Waals surface area contributed by atoms with Gasteiger partial charge in [-0.05, 0) is 11.6 Å². The van der Waals surface area contributed by atoms with Crippen LogP contribution in [0.1, 0.15) is 24.1 Å². The molecule has 3 aromatic rings. The lowest BCUT2D eigenvalue weighted by Gasteiger charge is -2.12. The highest BCUT2D eigenvalue weighted by molar-refractivity contribution is 5.82. The molecular weight excluding hydrogens is 210 g/mol. The molecule has 1 atom stereocenters. The van der Waals surface area contributed by atoms with Gasteiger partial charge in [0.2, 0.25) is 0 Å². The summed E-state index contributed by atoms with van der Waals surface area (Å²) >= 11 is 0.